The van der Waals surface area contributed by atoms with Crippen molar-refractivity contribution in [2.75, 3.05) is 13.1 Å². The maximum Gasteiger partial charge on any atom is 0.321 e. The van der Waals surface area contributed by atoms with Crippen LogP contribution in [0.4, 0.5) is 9.18 Å². The highest BCUT2D eigenvalue weighted by atomic mass is 19.1. The van der Waals surface area contributed by atoms with Crippen molar-refractivity contribution in [1.29, 1.82) is 0 Å². The molecule has 4 heteroatoms. The van der Waals surface area contributed by atoms with Gasteiger partial charge in [0.15, 0.2) is 0 Å². The lowest BCUT2D eigenvalue weighted by atomic mass is 10.1. The maximum atomic E-state index is 13.4. The van der Waals surface area contributed by atoms with Crippen LogP contribution in [0.1, 0.15) is 33.3 Å². The molecule has 0 saturated carbocycles. The number of benzene rings is 1. The van der Waals surface area contributed by atoms with Gasteiger partial charge in [-0.15, -0.1) is 0 Å². The summed E-state index contributed by atoms with van der Waals surface area (Å²) in [5.41, 5.74) is 0.456. The molecular formula is C17H25FN2O. The van der Waals surface area contributed by atoms with E-state index in [1.807, 2.05) is 0 Å². The van der Waals surface area contributed by atoms with Crippen LogP contribution in [0.15, 0.2) is 30.5 Å². The number of nitrogens with zero attached hydrogens (tertiary/aromatic N) is 1. The molecule has 2 amide bonds. The summed E-state index contributed by atoms with van der Waals surface area (Å²) in [7, 11) is 0. The summed E-state index contributed by atoms with van der Waals surface area (Å²) < 4.78 is 13.4. The fourth-order valence-electron chi connectivity index (χ4n) is 2.03. The van der Waals surface area contributed by atoms with E-state index in [2.05, 4.69) is 33.0 Å². The highest BCUT2D eigenvalue weighted by Gasteiger charge is 2.14. The van der Waals surface area contributed by atoms with Gasteiger partial charge in [-0.25, -0.2) is 9.18 Å². The second kappa shape index (κ2) is 8.45. The summed E-state index contributed by atoms with van der Waals surface area (Å²) in [6.07, 6.45) is 3.06. The summed E-state index contributed by atoms with van der Waals surface area (Å²) in [6, 6.07) is 6.31. The van der Waals surface area contributed by atoms with Crippen molar-refractivity contribution < 1.29 is 9.18 Å². The van der Waals surface area contributed by atoms with E-state index in [1.54, 1.807) is 29.2 Å². The molecule has 1 aromatic rings. The van der Waals surface area contributed by atoms with Crippen molar-refractivity contribution in [3.63, 3.8) is 0 Å². The molecule has 1 N–H and O–H groups in total. The summed E-state index contributed by atoms with van der Waals surface area (Å²) in [6.45, 7) is 9.73. The van der Waals surface area contributed by atoms with Crippen molar-refractivity contribution in [2.45, 2.75) is 27.7 Å². The van der Waals surface area contributed by atoms with E-state index in [0.29, 0.717) is 30.5 Å². The second-order valence-corrected chi connectivity index (χ2v) is 6.00. The third-order valence-electron chi connectivity index (χ3n) is 2.83. The number of carbonyl (C=O) groups excluding carboxylic acids is 1. The zero-order valence-corrected chi connectivity index (χ0v) is 13.3. The van der Waals surface area contributed by atoms with Crippen molar-refractivity contribution in [2.24, 2.45) is 11.8 Å². The molecule has 0 aromatic heterocycles. The Kier molecular flexibility index (Phi) is 6.92. The van der Waals surface area contributed by atoms with Crippen LogP contribution >= 0.6 is 0 Å². The van der Waals surface area contributed by atoms with Crippen LogP contribution in [0.5, 0.6) is 0 Å². The standard InChI is InChI=1S/C17H25FN2O/c1-13(2)11-20(12-14(3)4)17(21)19-10-9-15-7-5-6-8-16(15)18/h5-10,13-14H,11-12H2,1-4H3,(H,19,21)/b10-9+. The van der Waals surface area contributed by atoms with Gasteiger partial charge in [0.05, 0.1) is 0 Å². The van der Waals surface area contributed by atoms with Gasteiger partial charge in [0.2, 0.25) is 0 Å². The Balaban J connectivity index is 2.62. The van der Waals surface area contributed by atoms with Gasteiger partial charge in [-0.05, 0) is 24.0 Å². The second-order valence-electron chi connectivity index (χ2n) is 6.00. The molecule has 0 aliphatic heterocycles. The van der Waals surface area contributed by atoms with Crippen molar-refractivity contribution in [3.05, 3.63) is 41.8 Å². The quantitative estimate of drug-likeness (QED) is 0.840. The van der Waals surface area contributed by atoms with Crippen LogP contribution in [0.25, 0.3) is 6.08 Å². The third-order valence-corrected chi connectivity index (χ3v) is 2.83. The zero-order chi connectivity index (χ0) is 15.8. The minimum absolute atomic E-state index is 0.148. The number of hydrogen-bond acceptors (Lipinski definition) is 1. The monoisotopic (exact) mass is 292 g/mol. The first kappa shape index (κ1) is 17.2. The van der Waals surface area contributed by atoms with Gasteiger partial charge in [-0.1, -0.05) is 45.9 Å². The van der Waals surface area contributed by atoms with Crippen molar-refractivity contribution in [1.82, 2.24) is 10.2 Å². The topological polar surface area (TPSA) is 32.3 Å². The predicted octanol–water partition coefficient (Wildman–Crippen LogP) is 4.12. The average molecular weight is 292 g/mol. The van der Waals surface area contributed by atoms with Gasteiger partial charge in [0, 0.05) is 24.9 Å². The van der Waals surface area contributed by atoms with Crippen LogP contribution in [0.2, 0.25) is 0 Å². The van der Waals surface area contributed by atoms with Crippen LogP contribution in [0, 0.1) is 17.7 Å². The van der Waals surface area contributed by atoms with Crippen LogP contribution in [0.3, 0.4) is 0 Å². The number of rotatable bonds is 6. The lowest BCUT2D eigenvalue weighted by Gasteiger charge is -2.25. The van der Waals surface area contributed by atoms with Gasteiger partial charge >= 0.3 is 6.03 Å². The molecule has 0 aliphatic carbocycles. The fraction of sp³-hybridized carbons (Fsp3) is 0.471. The lowest BCUT2D eigenvalue weighted by molar-refractivity contribution is 0.187. The van der Waals surface area contributed by atoms with Gasteiger partial charge in [0.25, 0.3) is 0 Å². The van der Waals surface area contributed by atoms with Gasteiger partial charge < -0.3 is 10.2 Å². The molecule has 0 heterocycles. The molecule has 0 fully saturated rings. The number of hydrogen-bond donors (Lipinski definition) is 1. The number of amides is 2. The van der Waals surface area contributed by atoms with Gasteiger partial charge in [-0.2, -0.15) is 0 Å². The molecule has 0 aliphatic rings. The summed E-state index contributed by atoms with van der Waals surface area (Å²) in [4.78, 5) is 14.0. The van der Waals surface area contributed by atoms with Gasteiger partial charge in [0.1, 0.15) is 5.82 Å². The summed E-state index contributed by atoms with van der Waals surface area (Å²) in [5, 5.41) is 2.71. The molecule has 3 nitrogen and oxygen atoms in total. The van der Waals surface area contributed by atoms with Crippen LogP contribution < -0.4 is 5.32 Å². The maximum absolute atomic E-state index is 13.4. The average Bonchev–Trinajstić information content (AvgIpc) is 2.39. The molecule has 0 saturated heterocycles. The molecule has 0 bridgehead atoms. The smallest absolute Gasteiger partial charge is 0.321 e. The minimum atomic E-state index is -0.302. The predicted molar refractivity (Wildman–Crippen MR) is 85.2 cm³/mol. The zero-order valence-electron chi connectivity index (χ0n) is 13.3. The molecular weight excluding hydrogens is 267 g/mol. The Labute approximate surface area is 126 Å². The molecule has 116 valence electrons. The van der Waals surface area contributed by atoms with Crippen molar-refractivity contribution >= 4 is 12.1 Å². The molecule has 0 atom stereocenters. The van der Waals surface area contributed by atoms with Crippen molar-refractivity contribution in [3.8, 4) is 0 Å². The summed E-state index contributed by atoms with van der Waals surface area (Å²) in [5.74, 6) is 0.513. The van der Waals surface area contributed by atoms with E-state index in [9.17, 15) is 9.18 Å². The van der Waals surface area contributed by atoms with E-state index in [0.717, 1.165) is 0 Å². The molecule has 1 aromatic carbocycles. The number of urea groups is 1. The number of carbonyl (C=O) groups is 1. The Bertz CT molecular complexity index is 473. The SMILES string of the molecule is CC(C)CN(CC(C)C)C(=O)N/C=C/c1ccccc1F. The minimum Gasteiger partial charge on any atom is -0.324 e. The fourth-order valence-corrected chi connectivity index (χ4v) is 2.03. The Morgan fingerprint density at radius 3 is 2.29 bits per heavy atom. The largest absolute Gasteiger partial charge is 0.324 e. The van der Waals surface area contributed by atoms with Crippen LogP contribution in [-0.2, 0) is 0 Å². The Morgan fingerprint density at radius 1 is 1.19 bits per heavy atom. The highest BCUT2D eigenvalue weighted by Crippen LogP contribution is 2.08. The van der Waals surface area contributed by atoms with E-state index in [1.165, 1.54) is 12.3 Å². The van der Waals surface area contributed by atoms with E-state index < -0.39 is 0 Å². The number of halogens is 1. The molecule has 0 radical (unpaired) electrons. The molecule has 0 spiro atoms. The third kappa shape index (κ3) is 6.43. The molecule has 0 unspecified atom stereocenters. The Hall–Kier alpha value is -1.84. The van der Waals surface area contributed by atoms with E-state index in [4.69, 9.17) is 0 Å². The first-order chi connectivity index (χ1) is 9.90. The number of nitrogens with one attached hydrogen (secondary N) is 1. The summed E-state index contributed by atoms with van der Waals surface area (Å²) >= 11 is 0. The van der Waals surface area contributed by atoms with E-state index >= 15 is 0 Å². The first-order valence-electron chi connectivity index (χ1n) is 7.36. The molecule has 21 heavy (non-hydrogen) atoms. The van der Waals surface area contributed by atoms with Crippen LogP contribution in [-0.4, -0.2) is 24.0 Å². The highest BCUT2D eigenvalue weighted by molar-refractivity contribution is 5.76. The van der Waals surface area contributed by atoms with E-state index in [-0.39, 0.29) is 11.8 Å². The lowest BCUT2D eigenvalue weighted by Crippen LogP contribution is -2.41. The normalized spacial score (nSPS) is 11.4. The van der Waals surface area contributed by atoms with Gasteiger partial charge in [-0.3, -0.25) is 0 Å². The first-order valence-corrected chi connectivity index (χ1v) is 7.36. The molecule has 1 rings (SSSR count). The Morgan fingerprint density at radius 2 is 1.76 bits per heavy atom.